The van der Waals surface area contributed by atoms with Crippen molar-refractivity contribution in [3.8, 4) is 0 Å². The van der Waals surface area contributed by atoms with Gasteiger partial charge in [-0.2, -0.15) is 0 Å². The van der Waals surface area contributed by atoms with Gasteiger partial charge in [0.2, 0.25) is 11.6 Å². The molecule has 0 aliphatic carbocycles. The second kappa shape index (κ2) is 11.2. The van der Waals surface area contributed by atoms with E-state index in [1.165, 1.54) is 0 Å². The fourth-order valence-corrected chi connectivity index (χ4v) is 9.12. The fraction of sp³-hybridized carbons (Fsp3) is 0. The molecule has 0 aliphatic rings. The number of ketones is 3. The Bertz CT molecular complexity index is 1520. The van der Waals surface area contributed by atoms with E-state index in [9.17, 15) is 14.4 Å². The van der Waals surface area contributed by atoms with E-state index >= 15 is 0 Å². The van der Waals surface area contributed by atoms with E-state index in [-0.39, 0.29) is 10.9 Å². The summed E-state index contributed by atoms with van der Waals surface area (Å²) in [6.07, 6.45) is 0. The quantitative estimate of drug-likeness (QED) is 0.120. The van der Waals surface area contributed by atoms with E-state index in [0.717, 1.165) is 15.9 Å². The summed E-state index contributed by atoms with van der Waals surface area (Å²) in [6, 6.07) is 46.0. The monoisotopic (exact) mass is 512 g/mol. The fourth-order valence-electron chi connectivity index (χ4n) is 4.75. The molecule has 0 fully saturated rings. The molecule has 0 radical (unpaired) electrons. The van der Waals surface area contributed by atoms with Crippen molar-refractivity contribution < 1.29 is 14.4 Å². The van der Waals surface area contributed by atoms with Gasteiger partial charge in [0.1, 0.15) is 0 Å². The molecule has 0 aromatic heterocycles. The van der Waals surface area contributed by atoms with Crippen LogP contribution in [0.1, 0.15) is 20.7 Å². The number of rotatable bonds is 8. The van der Waals surface area contributed by atoms with Crippen LogP contribution < -0.4 is 15.9 Å². The summed E-state index contributed by atoms with van der Waals surface area (Å²) >= 11 is 0. The smallest absolute Gasteiger partial charge is 0.238 e. The number of Topliss-reactive ketones (excluding diaryl/α,β-unsaturated/α-hetero) is 3. The zero-order chi connectivity index (χ0) is 26.4. The van der Waals surface area contributed by atoms with Crippen LogP contribution >= 0.6 is 6.89 Å². The van der Waals surface area contributed by atoms with Gasteiger partial charge in [0.15, 0.2) is 5.78 Å². The maximum Gasteiger partial charge on any atom is 0.238 e. The predicted octanol–water partition coefficient (Wildman–Crippen LogP) is 5.49. The number of hydrogen-bond donors (Lipinski definition) is 0. The van der Waals surface area contributed by atoms with Crippen LogP contribution in [0.2, 0.25) is 0 Å². The topological polar surface area (TPSA) is 51.2 Å². The zero-order valence-electron chi connectivity index (χ0n) is 20.6. The molecular weight excluding hydrogens is 487 g/mol. The van der Waals surface area contributed by atoms with Gasteiger partial charge in [-0.3, -0.25) is 14.4 Å². The second-order valence-electron chi connectivity index (χ2n) is 8.75. The molecule has 3 nitrogen and oxygen atoms in total. The molecule has 5 rings (SSSR count). The van der Waals surface area contributed by atoms with Crippen LogP contribution in [-0.2, 0) is 4.79 Å². The van der Waals surface area contributed by atoms with Gasteiger partial charge in [0.05, 0.1) is 5.29 Å². The molecule has 0 bridgehead atoms. The Kier molecular flexibility index (Phi) is 7.40. The summed E-state index contributed by atoms with van der Waals surface area (Å²) in [5, 5.41) is 2.48. The summed E-state index contributed by atoms with van der Waals surface area (Å²) in [4.78, 5) is 42.7. The van der Waals surface area contributed by atoms with Crippen LogP contribution in [0.4, 0.5) is 0 Å². The average Bonchev–Trinajstić information content (AvgIpc) is 3.01. The molecule has 5 aromatic carbocycles. The molecule has 5 aromatic rings. The summed E-state index contributed by atoms with van der Waals surface area (Å²) in [6.45, 7) is -3.12. The Morgan fingerprint density at radius 1 is 0.368 bits per heavy atom. The van der Waals surface area contributed by atoms with E-state index in [2.05, 4.69) is 0 Å². The van der Waals surface area contributed by atoms with Crippen LogP contribution in [0, 0.1) is 0 Å². The lowest BCUT2D eigenvalue weighted by molar-refractivity contribution is -0.109. The molecule has 0 saturated carbocycles. The molecule has 0 aliphatic heterocycles. The first-order chi connectivity index (χ1) is 18.6. The Morgan fingerprint density at radius 3 is 1.00 bits per heavy atom. The number of hydrogen-bond acceptors (Lipinski definition) is 3. The molecule has 38 heavy (non-hydrogen) atoms. The first-order valence-electron chi connectivity index (χ1n) is 12.3. The number of carbonyl (C=O) groups is 3. The van der Waals surface area contributed by atoms with E-state index in [4.69, 9.17) is 0 Å². The second-order valence-corrected chi connectivity index (χ2v) is 12.1. The minimum absolute atomic E-state index is 0.00107. The molecule has 0 unspecified atom stereocenters. The van der Waals surface area contributed by atoms with Crippen LogP contribution in [0.25, 0.3) is 0 Å². The van der Waals surface area contributed by atoms with Crippen molar-refractivity contribution in [3.63, 3.8) is 0 Å². The van der Waals surface area contributed by atoms with Crippen LogP contribution in [0.15, 0.2) is 152 Å². The molecule has 4 heteroatoms. The molecular formula is C34H25O3P. The summed E-state index contributed by atoms with van der Waals surface area (Å²) < 4.78 is 0. The van der Waals surface area contributed by atoms with Crippen LogP contribution in [0.3, 0.4) is 0 Å². The highest BCUT2D eigenvalue weighted by Gasteiger charge is 2.39. The predicted molar refractivity (Wildman–Crippen MR) is 157 cm³/mol. The van der Waals surface area contributed by atoms with Crippen molar-refractivity contribution in [2.45, 2.75) is 0 Å². The molecule has 184 valence electrons. The van der Waals surface area contributed by atoms with Gasteiger partial charge in [0.25, 0.3) is 0 Å². The van der Waals surface area contributed by atoms with Crippen LogP contribution in [-0.4, -0.2) is 22.6 Å². The maximum absolute atomic E-state index is 14.5. The average molecular weight is 513 g/mol. The van der Waals surface area contributed by atoms with Crippen molar-refractivity contribution in [1.82, 2.24) is 0 Å². The highest BCUT2D eigenvalue weighted by atomic mass is 31.2. The maximum atomic E-state index is 14.5. The van der Waals surface area contributed by atoms with E-state index in [0.29, 0.717) is 5.56 Å². The largest absolute Gasteiger partial charge is 0.288 e. The lowest BCUT2D eigenvalue weighted by Gasteiger charge is -2.31. The van der Waals surface area contributed by atoms with Crippen molar-refractivity contribution >= 4 is 45.4 Å². The van der Waals surface area contributed by atoms with Gasteiger partial charge in [0, 0.05) is 11.1 Å². The van der Waals surface area contributed by atoms with Crippen LogP contribution in [0.5, 0.6) is 0 Å². The molecule has 0 heterocycles. The third-order valence-electron chi connectivity index (χ3n) is 6.47. The van der Waals surface area contributed by atoms with Crippen molar-refractivity contribution in [2.24, 2.45) is 0 Å². The number of carbonyl (C=O) groups excluding carboxylic acids is 3. The minimum atomic E-state index is -3.12. The summed E-state index contributed by atoms with van der Waals surface area (Å²) in [5.41, 5.74) is 0.618. The van der Waals surface area contributed by atoms with Gasteiger partial charge in [-0.1, -0.05) is 152 Å². The molecule has 0 amide bonds. The molecule has 0 saturated heterocycles. The van der Waals surface area contributed by atoms with Gasteiger partial charge in [-0.25, -0.2) is 0 Å². The highest BCUT2D eigenvalue weighted by molar-refractivity contribution is 7.98. The first kappa shape index (κ1) is 25.1. The number of benzene rings is 5. The minimum Gasteiger partial charge on any atom is -0.288 e. The normalized spacial score (nSPS) is 10.9. The highest BCUT2D eigenvalue weighted by Crippen LogP contribution is 2.47. The van der Waals surface area contributed by atoms with Gasteiger partial charge in [-0.15, -0.1) is 0 Å². The van der Waals surface area contributed by atoms with Gasteiger partial charge >= 0.3 is 0 Å². The third kappa shape index (κ3) is 4.61. The van der Waals surface area contributed by atoms with E-state index in [1.807, 2.05) is 97.1 Å². The third-order valence-corrected chi connectivity index (χ3v) is 10.8. The van der Waals surface area contributed by atoms with Gasteiger partial charge < -0.3 is 0 Å². The van der Waals surface area contributed by atoms with Crippen molar-refractivity contribution in [1.29, 1.82) is 0 Å². The van der Waals surface area contributed by atoms with Crippen molar-refractivity contribution in [2.75, 3.05) is 0 Å². The molecule has 0 spiro atoms. The molecule has 0 N–H and O–H groups in total. The standard InChI is InChI=1S/C34H25O3P/c35-31(26-16-6-1-7-17-26)33(37)34(32(36)27-18-8-2-9-19-27)38(28-20-10-3-11-21-28,29-22-12-4-13-23-29)30-24-14-5-15-25-30/h1-25H. The van der Waals surface area contributed by atoms with E-state index in [1.54, 1.807) is 54.6 Å². The lowest BCUT2D eigenvalue weighted by Crippen LogP contribution is -2.40. The summed E-state index contributed by atoms with van der Waals surface area (Å²) in [7, 11) is 0. The van der Waals surface area contributed by atoms with Gasteiger partial charge in [-0.05, 0) is 22.8 Å². The van der Waals surface area contributed by atoms with E-state index < -0.39 is 24.2 Å². The Hall–Kier alpha value is -4.59. The SMILES string of the molecule is O=C(C(=O)c1ccccc1)C(C(=O)c1ccccc1)=P(c1ccccc1)(c1ccccc1)c1ccccc1. The Balaban J connectivity index is 1.99. The zero-order valence-corrected chi connectivity index (χ0v) is 21.5. The van der Waals surface area contributed by atoms with Crippen molar-refractivity contribution in [3.05, 3.63) is 163 Å². The Labute approximate surface area is 222 Å². The first-order valence-corrected chi connectivity index (χ1v) is 14.1. The molecule has 0 atom stereocenters. The summed E-state index contributed by atoms with van der Waals surface area (Å²) in [5.74, 6) is -1.92. The Morgan fingerprint density at radius 2 is 0.658 bits per heavy atom. The lowest BCUT2D eigenvalue weighted by atomic mass is 10.0.